The third-order valence-electron chi connectivity index (χ3n) is 4.51. The van der Waals surface area contributed by atoms with Crippen molar-refractivity contribution in [3.63, 3.8) is 0 Å². The summed E-state index contributed by atoms with van der Waals surface area (Å²) in [5.74, 6) is 0.379. The Bertz CT molecular complexity index is 1190. The molecule has 0 unspecified atom stereocenters. The average Bonchev–Trinajstić information content (AvgIpc) is 3.24. The van der Waals surface area contributed by atoms with E-state index in [9.17, 15) is 14.4 Å². The van der Waals surface area contributed by atoms with E-state index in [1.54, 1.807) is 55.5 Å². The van der Waals surface area contributed by atoms with E-state index < -0.39 is 17.4 Å². The molecular formula is C22H19N3O6. The number of nitrogens with zero attached hydrogens (tertiary/aromatic N) is 2. The molecule has 9 heteroatoms. The SMILES string of the molecule is CCOC(=O)c1ccc(NC(=O)Cn2nc(-c3ccc4c(c3)OCO4)ccc2=O)cc1. The van der Waals surface area contributed by atoms with Crippen LogP contribution in [0.2, 0.25) is 0 Å². The number of carbonyl (C=O) groups is 2. The lowest BCUT2D eigenvalue weighted by Crippen LogP contribution is -2.29. The number of aromatic nitrogens is 2. The lowest BCUT2D eigenvalue weighted by Gasteiger charge is -2.09. The number of fused-ring (bicyclic) bond motifs is 1. The molecule has 2 heterocycles. The molecule has 0 saturated heterocycles. The fourth-order valence-electron chi connectivity index (χ4n) is 3.01. The molecule has 2 aromatic carbocycles. The molecule has 0 bridgehead atoms. The molecule has 3 aromatic rings. The summed E-state index contributed by atoms with van der Waals surface area (Å²) in [5.41, 5.74) is 1.71. The van der Waals surface area contributed by atoms with Gasteiger partial charge in [0.2, 0.25) is 12.7 Å². The predicted molar refractivity (Wildman–Crippen MR) is 111 cm³/mol. The van der Waals surface area contributed by atoms with Crippen molar-refractivity contribution in [3.8, 4) is 22.8 Å². The molecule has 1 aliphatic rings. The minimum Gasteiger partial charge on any atom is -0.462 e. The number of rotatable bonds is 6. The lowest BCUT2D eigenvalue weighted by atomic mass is 10.1. The van der Waals surface area contributed by atoms with Crippen LogP contribution in [0.1, 0.15) is 17.3 Å². The van der Waals surface area contributed by atoms with E-state index in [-0.39, 0.29) is 19.9 Å². The van der Waals surface area contributed by atoms with Crippen LogP contribution in [-0.2, 0) is 16.1 Å². The molecule has 0 fully saturated rings. The van der Waals surface area contributed by atoms with Crippen LogP contribution >= 0.6 is 0 Å². The van der Waals surface area contributed by atoms with Gasteiger partial charge < -0.3 is 19.5 Å². The van der Waals surface area contributed by atoms with Crippen LogP contribution in [-0.4, -0.2) is 35.1 Å². The van der Waals surface area contributed by atoms with Crippen molar-refractivity contribution in [2.24, 2.45) is 0 Å². The van der Waals surface area contributed by atoms with Crippen molar-refractivity contribution in [1.82, 2.24) is 9.78 Å². The number of carbonyl (C=O) groups excluding carboxylic acids is 2. The molecule has 1 aliphatic heterocycles. The van der Waals surface area contributed by atoms with Crippen LogP contribution < -0.4 is 20.3 Å². The maximum absolute atomic E-state index is 12.4. The van der Waals surface area contributed by atoms with Crippen LogP contribution in [0.25, 0.3) is 11.3 Å². The molecule has 0 radical (unpaired) electrons. The molecule has 1 aromatic heterocycles. The Kier molecular flexibility index (Phi) is 5.65. The summed E-state index contributed by atoms with van der Waals surface area (Å²) in [4.78, 5) is 36.3. The summed E-state index contributed by atoms with van der Waals surface area (Å²) in [7, 11) is 0. The van der Waals surface area contributed by atoms with Crippen LogP contribution in [0, 0.1) is 0 Å². The maximum Gasteiger partial charge on any atom is 0.338 e. The highest BCUT2D eigenvalue weighted by atomic mass is 16.7. The van der Waals surface area contributed by atoms with Crippen LogP contribution in [0.15, 0.2) is 59.4 Å². The minimum absolute atomic E-state index is 0.159. The minimum atomic E-state index is -0.434. The van der Waals surface area contributed by atoms with Crippen molar-refractivity contribution >= 4 is 17.6 Å². The van der Waals surface area contributed by atoms with Crippen molar-refractivity contribution in [3.05, 3.63) is 70.5 Å². The number of hydrogen-bond donors (Lipinski definition) is 1. The van der Waals surface area contributed by atoms with Gasteiger partial charge in [0, 0.05) is 17.3 Å². The van der Waals surface area contributed by atoms with Gasteiger partial charge in [-0.2, -0.15) is 5.10 Å². The number of benzene rings is 2. The van der Waals surface area contributed by atoms with Crippen molar-refractivity contribution in [2.45, 2.75) is 13.5 Å². The zero-order chi connectivity index (χ0) is 21.8. The Hall–Kier alpha value is -4.14. The molecule has 1 amide bonds. The Morgan fingerprint density at radius 3 is 2.61 bits per heavy atom. The monoisotopic (exact) mass is 421 g/mol. The third kappa shape index (κ3) is 4.55. The number of amides is 1. The van der Waals surface area contributed by atoms with Gasteiger partial charge in [0.05, 0.1) is 17.9 Å². The van der Waals surface area contributed by atoms with Gasteiger partial charge in [0.15, 0.2) is 11.5 Å². The quantitative estimate of drug-likeness (QED) is 0.609. The first kappa shape index (κ1) is 20.1. The average molecular weight is 421 g/mol. The van der Waals surface area contributed by atoms with E-state index in [2.05, 4.69) is 10.4 Å². The molecule has 0 spiro atoms. The second-order valence-corrected chi connectivity index (χ2v) is 6.63. The van der Waals surface area contributed by atoms with Gasteiger partial charge in [-0.25, -0.2) is 9.48 Å². The summed E-state index contributed by atoms with van der Waals surface area (Å²) in [6.07, 6.45) is 0. The summed E-state index contributed by atoms with van der Waals surface area (Å²) in [6, 6.07) is 14.6. The Labute approximate surface area is 177 Å². The second-order valence-electron chi connectivity index (χ2n) is 6.63. The number of nitrogens with one attached hydrogen (secondary N) is 1. The first-order valence-electron chi connectivity index (χ1n) is 9.58. The van der Waals surface area contributed by atoms with Gasteiger partial charge in [0.25, 0.3) is 5.56 Å². The van der Waals surface area contributed by atoms with Crippen LogP contribution in [0.3, 0.4) is 0 Å². The molecule has 158 valence electrons. The van der Waals surface area contributed by atoms with E-state index in [0.29, 0.717) is 28.4 Å². The van der Waals surface area contributed by atoms with Gasteiger partial charge in [-0.1, -0.05) is 0 Å². The van der Waals surface area contributed by atoms with E-state index in [1.807, 2.05) is 0 Å². The Morgan fingerprint density at radius 2 is 1.84 bits per heavy atom. The smallest absolute Gasteiger partial charge is 0.338 e. The summed E-state index contributed by atoms with van der Waals surface area (Å²) < 4.78 is 16.7. The number of anilines is 1. The summed E-state index contributed by atoms with van der Waals surface area (Å²) in [6.45, 7) is 1.90. The standard InChI is InChI=1S/C22H19N3O6/c1-2-29-22(28)14-3-6-16(7-4-14)23-20(26)12-25-21(27)10-8-17(24-25)15-5-9-18-19(11-15)31-13-30-18/h3-11H,2,12-13H2,1H3,(H,23,26). The second kappa shape index (κ2) is 8.70. The molecular weight excluding hydrogens is 402 g/mol. The number of ether oxygens (including phenoxy) is 3. The third-order valence-corrected chi connectivity index (χ3v) is 4.51. The van der Waals surface area contributed by atoms with E-state index >= 15 is 0 Å². The fourth-order valence-corrected chi connectivity index (χ4v) is 3.01. The van der Waals surface area contributed by atoms with E-state index in [1.165, 1.54) is 6.07 Å². The van der Waals surface area contributed by atoms with E-state index in [4.69, 9.17) is 14.2 Å². The van der Waals surface area contributed by atoms with Crippen LogP contribution in [0.5, 0.6) is 11.5 Å². The van der Waals surface area contributed by atoms with Crippen molar-refractivity contribution in [1.29, 1.82) is 0 Å². The molecule has 1 N–H and O–H groups in total. The molecule has 0 aliphatic carbocycles. The lowest BCUT2D eigenvalue weighted by molar-refractivity contribution is -0.117. The molecule has 4 rings (SSSR count). The first-order chi connectivity index (χ1) is 15.0. The largest absolute Gasteiger partial charge is 0.462 e. The normalized spacial score (nSPS) is 11.8. The Morgan fingerprint density at radius 1 is 1.06 bits per heavy atom. The highest BCUT2D eigenvalue weighted by molar-refractivity contribution is 5.93. The van der Waals surface area contributed by atoms with E-state index in [0.717, 1.165) is 10.2 Å². The van der Waals surface area contributed by atoms with Crippen molar-refractivity contribution in [2.75, 3.05) is 18.7 Å². The molecule has 0 atom stereocenters. The molecule has 31 heavy (non-hydrogen) atoms. The summed E-state index contributed by atoms with van der Waals surface area (Å²) >= 11 is 0. The molecule has 0 saturated carbocycles. The van der Waals surface area contributed by atoms with Crippen molar-refractivity contribution < 1.29 is 23.8 Å². The summed E-state index contributed by atoms with van der Waals surface area (Å²) in [5, 5.41) is 6.97. The highest BCUT2D eigenvalue weighted by Crippen LogP contribution is 2.35. The number of esters is 1. The molecule has 9 nitrogen and oxygen atoms in total. The maximum atomic E-state index is 12.4. The number of hydrogen-bond acceptors (Lipinski definition) is 7. The fraction of sp³-hybridized carbons (Fsp3) is 0.182. The van der Waals surface area contributed by atoms with Gasteiger partial charge >= 0.3 is 5.97 Å². The van der Waals surface area contributed by atoms with Gasteiger partial charge in [0.1, 0.15) is 6.54 Å². The predicted octanol–water partition coefficient (Wildman–Crippen LogP) is 2.45. The zero-order valence-electron chi connectivity index (χ0n) is 16.7. The van der Waals surface area contributed by atoms with Gasteiger partial charge in [-0.05, 0) is 55.5 Å². The van der Waals surface area contributed by atoms with Gasteiger partial charge in [-0.3, -0.25) is 9.59 Å². The first-order valence-corrected chi connectivity index (χ1v) is 9.58. The van der Waals surface area contributed by atoms with Gasteiger partial charge in [-0.15, -0.1) is 0 Å². The highest BCUT2D eigenvalue weighted by Gasteiger charge is 2.15. The Balaban J connectivity index is 1.46. The zero-order valence-corrected chi connectivity index (χ0v) is 16.7. The van der Waals surface area contributed by atoms with Crippen LogP contribution in [0.4, 0.5) is 5.69 Å². The topological polar surface area (TPSA) is 109 Å².